The zero-order chi connectivity index (χ0) is 23.6. The smallest absolute Gasteiger partial charge is 0.258 e. The molecule has 1 aliphatic heterocycles. The quantitative estimate of drug-likeness (QED) is 0.664. The lowest BCUT2D eigenvalue weighted by molar-refractivity contribution is -0.118. The molecule has 1 fully saturated rings. The zero-order valence-electron chi connectivity index (χ0n) is 20.1. The van der Waals surface area contributed by atoms with Gasteiger partial charge in [0.25, 0.3) is 5.91 Å². The Labute approximate surface area is 200 Å². The highest BCUT2D eigenvalue weighted by atomic mass is 32.1. The van der Waals surface area contributed by atoms with Crippen LogP contribution in [0.2, 0.25) is 0 Å². The van der Waals surface area contributed by atoms with Gasteiger partial charge in [0.15, 0.2) is 0 Å². The van der Waals surface area contributed by atoms with Crippen molar-refractivity contribution in [3.63, 3.8) is 0 Å². The van der Waals surface area contributed by atoms with Crippen molar-refractivity contribution in [3.05, 3.63) is 45.8 Å². The van der Waals surface area contributed by atoms with Gasteiger partial charge in [-0.2, -0.15) is 0 Å². The Hall–Kier alpha value is -2.22. The zero-order valence-corrected chi connectivity index (χ0v) is 20.9. The van der Waals surface area contributed by atoms with Gasteiger partial charge < -0.3 is 15.4 Å². The third-order valence-electron chi connectivity index (χ3n) is 6.75. The number of morpholine rings is 1. The number of nitrogens with zero attached hydrogens (tertiary/aromatic N) is 1. The lowest BCUT2D eigenvalue weighted by Gasteiger charge is -2.33. The molecule has 1 saturated heterocycles. The molecule has 0 bridgehead atoms. The third-order valence-corrected chi connectivity index (χ3v) is 7.92. The largest absolute Gasteiger partial charge is 0.379 e. The van der Waals surface area contributed by atoms with Crippen molar-refractivity contribution in [2.75, 3.05) is 43.5 Å². The number of thiophene rings is 1. The Kier molecular flexibility index (Phi) is 7.22. The van der Waals surface area contributed by atoms with Crippen LogP contribution in [0.5, 0.6) is 0 Å². The molecule has 2 aliphatic rings. The first-order valence-corrected chi connectivity index (χ1v) is 12.6. The molecule has 7 heteroatoms. The summed E-state index contributed by atoms with van der Waals surface area (Å²) in [6.07, 6.45) is 2.87. The van der Waals surface area contributed by atoms with E-state index < -0.39 is 0 Å². The van der Waals surface area contributed by atoms with Crippen LogP contribution in [0.1, 0.15) is 53.6 Å². The fourth-order valence-corrected chi connectivity index (χ4v) is 5.95. The second-order valence-corrected chi connectivity index (χ2v) is 11.4. The van der Waals surface area contributed by atoms with E-state index in [-0.39, 0.29) is 17.2 Å². The summed E-state index contributed by atoms with van der Waals surface area (Å²) in [6, 6.07) is 7.80. The topological polar surface area (TPSA) is 70.7 Å². The summed E-state index contributed by atoms with van der Waals surface area (Å²) in [4.78, 5) is 29.6. The molecule has 1 aromatic heterocycles. The van der Waals surface area contributed by atoms with Crippen LogP contribution in [-0.2, 0) is 22.4 Å². The van der Waals surface area contributed by atoms with E-state index in [0.29, 0.717) is 36.2 Å². The van der Waals surface area contributed by atoms with Crippen molar-refractivity contribution in [1.29, 1.82) is 0 Å². The highest BCUT2D eigenvalue weighted by Crippen LogP contribution is 2.44. The van der Waals surface area contributed by atoms with Crippen LogP contribution in [0.3, 0.4) is 0 Å². The molecule has 2 heterocycles. The fraction of sp³-hybridized carbons (Fsp3) is 0.538. The second kappa shape index (κ2) is 9.95. The van der Waals surface area contributed by atoms with E-state index in [9.17, 15) is 9.59 Å². The van der Waals surface area contributed by atoms with Crippen molar-refractivity contribution in [2.24, 2.45) is 11.3 Å². The van der Waals surface area contributed by atoms with Crippen LogP contribution < -0.4 is 10.6 Å². The number of nitrogens with one attached hydrogen (secondary N) is 2. The predicted octanol–water partition coefficient (Wildman–Crippen LogP) is 4.73. The van der Waals surface area contributed by atoms with Crippen molar-refractivity contribution < 1.29 is 14.3 Å². The number of amides is 2. The van der Waals surface area contributed by atoms with Crippen LogP contribution in [0.25, 0.3) is 0 Å². The number of rotatable bonds is 5. The highest BCUT2D eigenvalue weighted by molar-refractivity contribution is 7.17. The van der Waals surface area contributed by atoms with Gasteiger partial charge >= 0.3 is 0 Å². The van der Waals surface area contributed by atoms with E-state index in [2.05, 4.69) is 36.3 Å². The summed E-state index contributed by atoms with van der Waals surface area (Å²) >= 11 is 1.58. The Morgan fingerprint density at radius 2 is 1.82 bits per heavy atom. The van der Waals surface area contributed by atoms with E-state index in [1.54, 1.807) is 11.3 Å². The molecule has 0 radical (unpaired) electrons. The summed E-state index contributed by atoms with van der Waals surface area (Å²) in [7, 11) is 0. The second-order valence-electron chi connectivity index (χ2n) is 10.3. The average Bonchev–Trinajstić information content (AvgIpc) is 3.12. The van der Waals surface area contributed by atoms with Crippen molar-refractivity contribution in [2.45, 2.75) is 47.0 Å². The highest BCUT2D eigenvalue weighted by Gasteiger charge is 2.34. The predicted molar refractivity (Wildman–Crippen MR) is 134 cm³/mol. The molecule has 2 N–H and O–H groups in total. The lowest BCUT2D eigenvalue weighted by atomic mass is 9.72. The SMILES string of the molecule is Cc1ccc(NC(=O)c2c(NC(=O)CN3CCOCC3)sc3c2CCC(C(C)(C)C)C3)cc1. The van der Waals surface area contributed by atoms with Gasteiger partial charge in [-0.1, -0.05) is 38.5 Å². The Morgan fingerprint density at radius 1 is 1.12 bits per heavy atom. The fourth-order valence-electron chi connectivity index (χ4n) is 4.61. The number of fused-ring (bicyclic) bond motifs is 1. The number of benzene rings is 1. The van der Waals surface area contributed by atoms with Crippen molar-refractivity contribution >= 4 is 33.8 Å². The number of ether oxygens (including phenoxy) is 1. The van der Waals surface area contributed by atoms with Gasteiger partial charge in [0.05, 0.1) is 25.3 Å². The minimum atomic E-state index is -0.146. The van der Waals surface area contributed by atoms with E-state index in [1.807, 2.05) is 31.2 Å². The van der Waals surface area contributed by atoms with Crippen LogP contribution in [0.4, 0.5) is 10.7 Å². The molecule has 178 valence electrons. The maximum Gasteiger partial charge on any atom is 0.258 e. The molecule has 2 aromatic rings. The summed E-state index contributed by atoms with van der Waals surface area (Å²) < 4.78 is 5.38. The van der Waals surface area contributed by atoms with Gasteiger partial charge in [0.1, 0.15) is 5.00 Å². The Morgan fingerprint density at radius 3 is 2.48 bits per heavy atom. The molecular weight excluding hydrogens is 434 g/mol. The van der Waals surface area contributed by atoms with Crippen LogP contribution in [-0.4, -0.2) is 49.6 Å². The van der Waals surface area contributed by atoms with Gasteiger partial charge in [-0.25, -0.2) is 0 Å². The first kappa shape index (κ1) is 23.9. The number of carbonyl (C=O) groups is 2. The molecule has 0 spiro atoms. The van der Waals surface area contributed by atoms with Gasteiger partial charge in [0, 0.05) is 23.7 Å². The van der Waals surface area contributed by atoms with E-state index in [4.69, 9.17) is 4.74 Å². The molecule has 33 heavy (non-hydrogen) atoms. The summed E-state index contributed by atoms with van der Waals surface area (Å²) in [5.41, 5.74) is 3.86. The minimum absolute atomic E-state index is 0.0766. The average molecular weight is 470 g/mol. The number of hydrogen-bond acceptors (Lipinski definition) is 5. The molecule has 1 aliphatic carbocycles. The third kappa shape index (κ3) is 5.83. The molecule has 1 atom stereocenters. The number of carbonyl (C=O) groups excluding carboxylic acids is 2. The van der Waals surface area contributed by atoms with Gasteiger partial charge in [-0.05, 0) is 55.2 Å². The van der Waals surface area contributed by atoms with Crippen LogP contribution in [0.15, 0.2) is 24.3 Å². The minimum Gasteiger partial charge on any atom is -0.379 e. The first-order chi connectivity index (χ1) is 15.7. The van der Waals surface area contributed by atoms with E-state index in [0.717, 1.165) is 49.2 Å². The summed E-state index contributed by atoms with van der Waals surface area (Å²) in [5, 5.41) is 6.81. The standard InChI is InChI=1S/C26H35N3O3S/c1-17-5-8-19(9-6-17)27-24(31)23-20-10-7-18(26(2,3)4)15-21(20)33-25(23)28-22(30)16-29-11-13-32-14-12-29/h5-6,8-9,18H,7,10-16H2,1-4H3,(H,27,31)(H,28,30). The molecule has 0 saturated carbocycles. The maximum atomic E-state index is 13.4. The maximum absolute atomic E-state index is 13.4. The van der Waals surface area contributed by atoms with Crippen molar-refractivity contribution in [1.82, 2.24) is 4.90 Å². The van der Waals surface area contributed by atoms with Gasteiger partial charge in [-0.3, -0.25) is 14.5 Å². The van der Waals surface area contributed by atoms with E-state index in [1.165, 1.54) is 4.88 Å². The van der Waals surface area contributed by atoms with Gasteiger partial charge in [0.2, 0.25) is 5.91 Å². The van der Waals surface area contributed by atoms with E-state index >= 15 is 0 Å². The summed E-state index contributed by atoms with van der Waals surface area (Å²) in [5.74, 6) is 0.341. The first-order valence-electron chi connectivity index (χ1n) is 11.8. The number of anilines is 2. The molecule has 1 aromatic carbocycles. The molecule has 4 rings (SSSR count). The monoisotopic (exact) mass is 469 g/mol. The number of aryl methyl sites for hydroxylation is 1. The van der Waals surface area contributed by atoms with Crippen LogP contribution >= 0.6 is 11.3 Å². The van der Waals surface area contributed by atoms with Crippen molar-refractivity contribution in [3.8, 4) is 0 Å². The summed E-state index contributed by atoms with van der Waals surface area (Å²) in [6.45, 7) is 12.0. The molecule has 2 amide bonds. The van der Waals surface area contributed by atoms with Crippen LogP contribution in [0, 0.1) is 18.3 Å². The molecule has 1 unspecified atom stereocenters. The Bertz CT molecular complexity index is 1000. The van der Waals surface area contributed by atoms with Gasteiger partial charge in [-0.15, -0.1) is 11.3 Å². The lowest BCUT2D eigenvalue weighted by Crippen LogP contribution is -2.41. The number of hydrogen-bond donors (Lipinski definition) is 2. The Balaban J connectivity index is 1.58. The molecular formula is C26H35N3O3S. The molecule has 6 nitrogen and oxygen atoms in total. The normalized spacial score (nSPS) is 19.1.